The van der Waals surface area contributed by atoms with Crippen molar-refractivity contribution in [3.8, 4) is 0 Å². The molecule has 0 aliphatic heterocycles. The molecule has 1 aliphatic carbocycles. The van der Waals surface area contributed by atoms with Gasteiger partial charge in [-0.2, -0.15) is 0 Å². The molecule has 2 rings (SSSR count). The van der Waals surface area contributed by atoms with Crippen molar-refractivity contribution in [3.63, 3.8) is 0 Å². The predicted molar refractivity (Wildman–Crippen MR) is 89.1 cm³/mol. The first-order valence-corrected chi connectivity index (χ1v) is 8.31. The zero-order valence-electron chi connectivity index (χ0n) is 13.8. The number of pyridine rings is 1. The maximum absolute atomic E-state index is 11.9. The molecule has 1 aromatic rings. The number of aryl methyl sites for hydroxylation is 1. The minimum atomic E-state index is -0.699. The molecule has 1 fully saturated rings. The van der Waals surface area contributed by atoms with Gasteiger partial charge in [-0.15, -0.1) is 0 Å². The Kier molecular flexibility index (Phi) is 5.96. The van der Waals surface area contributed by atoms with E-state index < -0.39 is 11.8 Å². The quantitative estimate of drug-likeness (QED) is 0.830. The summed E-state index contributed by atoms with van der Waals surface area (Å²) in [7, 11) is 0. The molecule has 0 radical (unpaired) electrons. The summed E-state index contributed by atoms with van der Waals surface area (Å²) in [4.78, 5) is 35.4. The Morgan fingerprint density at radius 2 is 1.96 bits per heavy atom. The SMILES string of the molecule is CCn1cc(NC(=O)C(=O)NC[C@@H]2CCCC[C@H]2C)ccc1=O. The summed E-state index contributed by atoms with van der Waals surface area (Å²) in [6.45, 7) is 5.09. The normalized spacial score (nSPS) is 20.8. The molecule has 0 aromatic carbocycles. The van der Waals surface area contributed by atoms with Gasteiger partial charge >= 0.3 is 11.8 Å². The van der Waals surface area contributed by atoms with Gasteiger partial charge in [0.1, 0.15) is 0 Å². The van der Waals surface area contributed by atoms with Crippen LogP contribution in [0, 0.1) is 11.8 Å². The summed E-state index contributed by atoms with van der Waals surface area (Å²) in [5.74, 6) is -0.297. The van der Waals surface area contributed by atoms with Crippen LogP contribution < -0.4 is 16.2 Å². The lowest BCUT2D eigenvalue weighted by Crippen LogP contribution is -2.40. The lowest BCUT2D eigenvalue weighted by atomic mass is 9.80. The Bertz CT molecular complexity index is 624. The van der Waals surface area contributed by atoms with Crippen molar-refractivity contribution in [2.24, 2.45) is 11.8 Å². The first kappa shape index (κ1) is 17.2. The topological polar surface area (TPSA) is 80.2 Å². The first-order chi connectivity index (χ1) is 11.0. The van der Waals surface area contributed by atoms with Crippen LogP contribution >= 0.6 is 0 Å². The van der Waals surface area contributed by atoms with Crippen LogP contribution in [0.4, 0.5) is 5.69 Å². The number of amides is 2. The van der Waals surface area contributed by atoms with Gasteiger partial charge in [0.2, 0.25) is 0 Å². The van der Waals surface area contributed by atoms with Gasteiger partial charge in [0.25, 0.3) is 5.56 Å². The number of rotatable bonds is 4. The fourth-order valence-corrected chi connectivity index (χ4v) is 3.04. The highest BCUT2D eigenvalue weighted by molar-refractivity contribution is 6.39. The second-order valence-electron chi connectivity index (χ2n) is 6.23. The molecule has 1 aromatic heterocycles. The highest BCUT2D eigenvalue weighted by Gasteiger charge is 2.23. The van der Waals surface area contributed by atoms with Crippen LogP contribution in [-0.2, 0) is 16.1 Å². The van der Waals surface area contributed by atoms with Crippen LogP contribution in [0.5, 0.6) is 0 Å². The zero-order valence-corrected chi connectivity index (χ0v) is 13.8. The molecule has 1 aliphatic rings. The molecule has 0 bridgehead atoms. The summed E-state index contributed by atoms with van der Waals surface area (Å²) in [6.07, 6.45) is 6.27. The highest BCUT2D eigenvalue weighted by atomic mass is 16.2. The van der Waals surface area contributed by atoms with Crippen molar-refractivity contribution < 1.29 is 9.59 Å². The number of aromatic nitrogens is 1. The number of nitrogens with zero attached hydrogens (tertiary/aromatic N) is 1. The van der Waals surface area contributed by atoms with E-state index in [0.29, 0.717) is 30.6 Å². The molecule has 23 heavy (non-hydrogen) atoms. The van der Waals surface area contributed by atoms with Crippen LogP contribution in [0.1, 0.15) is 39.5 Å². The average molecular weight is 319 g/mol. The monoisotopic (exact) mass is 319 g/mol. The van der Waals surface area contributed by atoms with Crippen molar-refractivity contribution in [3.05, 3.63) is 28.7 Å². The zero-order chi connectivity index (χ0) is 16.8. The molecule has 6 nitrogen and oxygen atoms in total. The molecule has 2 atom stereocenters. The Morgan fingerprint density at radius 3 is 2.65 bits per heavy atom. The Hall–Kier alpha value is -2.11. The second-order valence-corrected chi connectivity index (χ2v) is 6.23. The van der Waals surface area contributed by atoms with E-state index in [2.05, 4.69) is 17.6 Å². The van der Waals surface area contributed by atoms with E-state index in [1.165, 1.54) is 42.2 Å². The van der Waals surface area contributed by atoms with Crippen molar-refractivity contribution >= 4 is 17.5 Å². The van der Waals surface area contributed by atoms with Gasteiger partial charge in [-0.05, 0) is 31.2 Å². The molecule has 2 N–H and O–H groups in total. The molecule has 0 unspecified atom stereocenters. The third kappa shape index (κ3) is 4.68. The summed E-state index contributed by atoms with van der Waals surface area (Å²) < 4.78 is 1.47. The molecular formula is C17H25N3O3. The number of carbonyl (C=O) groups is 2. The molecule has 0 spiro atoms. The fraction of sp³-hybridized carbons (Fsp3) is 0.588. The van der Waals surface area contributed by atoms with Crippen molar-refractivity contribution in [1.82, 2.24) is 9.88 Å². The van der Waals surface area contributed by atoms with Crippen molar-refractivity contribution in [2.45, 2.75) is 46.1 Å². The van der Waals surface area contributed by atoms with E-state index in [-0.39, 0.29) is 5.56 Å². The van der Waals surface area contributed by atoms with Crippen molar-refractivity contribution in [2.75, 3.05) is 11.9 Å². The number of anilines is 1. The Labute approximate surface area is 136 Å². The lowest BCUT2D eigenvalue weighted by Gasteiger charge is -2.28. The van der Waals surface area contributed by atoms with Gasteiger partial charge in [0.15, 0.2) is 0 Å². The van der Waals surface area contributed by atoms with Crippen LogP contribution in [0.15, 0.2) is 23.1 Å². The van der Waals surface area contributed by atoms with Gasteiger partial charge in [0.05, 0.1) is 5.69 Å². The van der Waals surface area contributed by atoms with E-state index >= 15 is 0 Å². The van der Waals surface area contributed by atoms with Crippen LogP contribution in [0.3, 0.4) is 0 Å². The number of nitrogens with one attached hydrogen (secondary N) is 2. The first-order valence-electron chi connectivity index (χ1n) is 8.31. The molecule has 6 heteroatoms. The molecular weight excluding hydrogens is 294 g/mol. The standard InChI is InChI=1S/C17H25N3O3/c1-3-20-11-14(8-9-15(20)21)19-17(23)16(22)18-10-13-7-5-4-6-12(13)2/h8-9,11-13H,3-7,10H2,1-2H3,(H,18,22)(H,19,23)/t12-,13+/m1/s1. The maximum Gasteiger partial charge on any atom is 0.313 e. The maximum atomic E-state index is 11.9. The predicted octanol–water partition coefficient (Wildman–Crippen LogP) is 1.75. The smallest absolute Gasteiger partial charge is 0.313 e. The molecule has 0 saturated heterocycles. The minimum absolute atomic E-state index is 0.138. The van der Waals surface area contributed by atoms with Gasteiger partial charge in [-0.1, -0.05) is 26.2 Å². The fourth-order valence-electron chi connectivity index (χ4n) is 3.04. The summed E-state index contributed by atoms with van der Waals surface area (Å²) in [5.41, 5.74) is 0.305. The van der Waals surface area contributed by atoms with E-state index in [4.69, 9.17) is 0 Å². The lowest BCUT2D eigenvalue weighted by molar-refractivity contribution is -0.136. The van der Waals surface area contributed by atoms with Crippen molar-refractivity contribution in [1.29, 1.82) is 0 Å². The van der Waals surface area contributed by atoms with Gasteiger partial charge in [-0.3, -0.25) is 14.4 Å². The van der Waals surface area contributed by atoms with E-state index in [1.807, 2.05) is 6.92 Å². The average Bonchev–Trinajstić information content (AvgIpc) is 2.55. The number of hydrogen-bond donors (Lipinski definition) is 2. The summed E-state index contributed by atoms with van der Waals surface area (Å²) >= 11 is 0. The Balaban J connectivity index is 1.87. The molecule has 126 valence electrons. The molecule has 1 heterocycles. The number of carbonyl (C=O) groups excluding carboxylic acids is 2. The van der Waals surface area contributed by atoms with Gasteiger partial charge < -0.3 is 15.2 Å². The minimum Gasteiger partial charge on any atom is -0.348 e. The highest BCUT2D eigenvalue weighted by Crippen LogP contribution is 2.28. The largest absolute Gasteiger partial charge is 0.348 e. The third-order valence-electron chi connectivity index (χ3n) is 4.60. The van der Waals surface area contributed by atoms with Crippen LogP contribution in [-0.4, -0.2) is 22.9 Å². The van der Waals surface area contributed by atoms with Crippen LogP contribution in [0.25, 0.3) is 0 Å². The van der Waals surface area contributed by atoms with E-state index in [1.54, 1.807) is 0 Å². The number of hydrogen-bond acceptors (Lipinski definition) is 3. The van der Waals surface area contributed by atoms with E-state index in [9.17, 15) is 14.4 Å². The second kappa shape index (κ2) is 7.94. The van der Waals surface area contributed by atoms with Gasteiger partial charge in [0, 0.05) is 25.4 Å². The van der Waals surface area contributed by atoms with Crippen LogP contribution in [0.2, 0.25) is 0 Å². The van der Waals surface area contributed by atoms with E-state index in [0.717, 1.165) is 6.42 Å². The summed E-state index contributed by atoms with van der Waals surface area (Å²) in [5, 5.41) is 5.26. The Morgan fingerprint density at radius 1 is 1.22 bits per heavy atom. The summed E-state index contributed by atoms with van der Waals surface area (Å²) in [6, 6.07) is 2.88. The third-order valence-corrected chi connectivity index (χ3v) is 4.60. The van der Waals surface area contributed by atoms with Gasteiger partial charge in [-0.25, -0.2) is 0 Å². The molecule has 1 saturated carbocycles. The molecule has 2 amide bonds.